The first-order valence-corrected chi connectivity index (χ1v) is 5.78. The highest BCUT2D eigenvalue weighted by molar-refractivity contribution is 6.18. The van der Waals surface area contributed by atoms with Crippen LogP contribution in [-0.4, -0.2) is 29.2 Å². The van der Waals surface area contributed by atoms with Crippen LogP contribution in [0.15, 0.2) is 30.3 Å². The second-order valence-corrected chi connectivity index (χ2v) is 3.93. The Hall–Kier alpha value is -1.10. The van der Waals surface area contributed by atoms with E-state index in [2.05, 4.69) is 4.89 Å². The summed E-state index contributed by atoms with van der Waals surface area (Å²) in [5.41, 5.74) is 0.960. The Labute approximate surface area is 105 Å². The maximum atomic E-state index is 10.6. The first-order chi connectivity index (χ1) is 8.13. The van der Waals surface area contributed by atoms with E-state index in [1.807, 2.05) is 30.3 Å². The molecule has 0 bridgehead atoms. The van der Waals surface area contributed by atoms with E-state index < -0.39 is 18.2 Å². The molecular formula is C12H15ClO4. The number of rotatable bonds is 6. The smallest absolute Gasteiger partial charge is 0.339 e. The Balaban J connectivity index is 2.48. The zero-order valence-electron chi connectivity index (χ0n) is 9.51. The molecule has 0 spiro atoms. The Morgan fingerprint density at radius 2 is 2.06 bits per heavy atom. The molecule has 0 saturated heterocycles. The summed E-state index contributed by atoms with van der Waals surface area (Å²) in [7, 11) is 0. The van der Waals surface area contributed by atoms with E-state index >= 15 is 0 Å². The topological polar surface area (TPSA) is 55.8 Å². The van der Waals surface area contributed by atoms with Gasteiger partial charge in [-0.05, 0) is 5.56 Å². The number of hydrogen-bond acceptors (Lipinski definition) is 4. The van der Waals surface area contributed by atoms with Crippen LogP contribution in [-0.2, 0) is 21.0 Å². The minimum absolute atomic E-state index is 0.0429. The van der Waals surface area contributed by atoms with Gasteiger partial charge in [0, 0.05) is 13.3 Å². The van der Waals surface area contributed by atoms with Gasteiger partial charge in [0.25, 0.3) is 0 Å². The quantitative estimate of drug-likeness (QED) is 0.479. The van der Waals surface area contributed by atoms with Crippen LogP contribution in [0, 0.1) is 0 Å². The van der Waals surface area contributed by atoms with Crippen LogP contribution in [0.5, 0.6) is 0 Å². The third-order valence-corrected chi connectivity index (χ3v) is 2.46. The van der Waals surface area contributed by atoms with E-state index in [-0.39, 0.29) is 5.88 Å². The fourth-order valence-electron chi connectivity index (χ4n) is 1.31. The molecule has 17 heavy (non-hydrogen) atoms. The second kappa shape index (κ2) is 7.27. The minimum atomic E-state index is -0.825. The summed E-state index contributed by atoms with van der Waals surface area (Å²) in [6.45, 7) is 1.22. The number of halogens is 1. The molecule has 1 aromatic rings. The van der Waals surface area contributed by atoms with Gasteiger partial charge in [-0.1, -0.05) is 30.3 Å². The molecule has 0 aromatic heterocycles. The highest BCUT2D eigenvalue weighted by Crippen LogP contribution is 2.10. The number of aliphatic hydroxyl groups excluding tert-OH is 1. The van der Waals surface area contributed by atoms with E-state index in [0.29, 0.717) is 6.42 Å². The molecule has 0 aliphatic heterocycles. The van der Waals surface area contributed by atoms with Gasteiger partial charge in [0.1, 0.15) is 6.10 Å². The zero-order valence-corrected chi connectivity index (χ0v) is 10.3. The van der Waals surface area contributed by atoms with E-state index in [1.54, 1.807) is 0 Å². The summed E-state index contributed by atoms with van der Waals surface area (Å²) in [5.74, 6) is -0.534. The molecule has 0 radical (unpaired) electrons. The van der Waals surface area contributed by atoms with Crippen molar-refractivity contribution in [1.29, 1.82) is 0 Å². The van der Waals surface area contributed by atoms with Crippen molar-refractivity contribution in [1.82, 2.24) is 0 Å². The van der Waals surface area contributed by atoms with E-state index in [4.69, 9.17) is 16.5 Å². The average molecular weight is 259 g/mol. The van der Waals surface area contributed by atoms with Crippen molar-refractivity contribution in [3.05, 3.63) is 35.9 Å². The molecule has 0 amide bonds. The number of hydrogen-bond donors (Lipinski definition) is 1. The average Bonchev–Trinajstić information content (AvgIpc) is 2.30. The van der Waals surface area contributed by atoms with Crippen LogP contribution < -0.4 is 0 Å². The third-order valence-electron chi connectivity index (χ3n) is 2.16. The van der Waals surface area contributed by atoms with Gasteiger partial charge < -0.3 is 5.11 Å². The Morgan fingerprint density at radius 3 is 2.59 bits per heavy atom. The van der Waals surface area contributed by atoms with Gasteiger partial charge in [-0.2, -0.15) is 4.89 Å². The Kier molecular flexibility index (Phi) is 5.97. The van der Waals surface area contributed by atoms with Crippen molar-refractivity contribution in [2.45, 2.75) is 25.6 Å². The zero-order chi connectivity index (χ0) is 12.7. The monoisotopic (exact) mass is 258 g/mol. The molecule has 1 rings (SSSR count). The maximum absolute atomic E-state index is 10.6. The van der Waals surface area contributed by atoms with Crippen molar-refractivity contribution >= 4 is 17.6 Å². The van der Waals surface area contributed by atoms with E-state index in [9.17, 15) is 9.90 Å². The van der Waals surface area contributed by atoms with Crippen molar-refractivity contribution < 1.29 is 19.7 Å². The summed E-state index contributed by atoms with van der Waals surface area (Å²) in [6.07, 6.45) is -1.17. The first kappa shape index (κ1) is 14.0. The minimum Gasteiger partial charge on any atom is -0.390 e. The molecule has 4 nitrogen and oxygen atoms in total. The summed E-state index contributed by atoms with van der Waals surface area (Å²) >= 11 is 5.64. The molecule has 0 fully saturated rings. The molecule has 0 aliphatic carbocycles. The Morgan fingerprint density at radius 1 is 1.41 bits per heavy atom. The number of benzene rings is 1. The number of aliphatic hydroxyl groups is 1. The number of carbonyl (C=O) groups excluding carboxylic acids is 1. The van der Waals surface area contributed by atoms with Gasteiger partial charge in [-0.3, -0.25) is 4.89 Å². The van der Waals surface area contributed by atoms with Gasteiger partial charge in [0.2, 0.25) is 0 Å². The first-order valence-electron chi connectivity index (χ1n) is 5.25. The van der Waals surface area contributed by atoms with Crippen molar-refractivity contribution in [2.24, 2.45) is 0 Å². The highest BCUT2D eigenvalue weighted by atomic mass is 35.5. The predicted octanol–water partition coefficient (Wildman–Crippen LogP) is 1.69. The van der Waals surface area contributed by atoms with Crippen LogP contribution >= 0.6 is 11.6 Å². The van der Waals surface area contributed by atoms with Crippen molar-refractivity contribution in [3.63, 3.8) is 0 Å². The molecule has 1 N–H and O–H groups in total. The summed E-state index contributed by atoms with van der Waals surface area (Å²) in [4.78, 5) is 19.7. The summed E-state index contributed by atoms with van der Waals surface area (Å²) < 4.78 is 0. The molecule has 0 aliphatic rings. The van der Waals surface area contributed by atoms with Crippen molar-refractivity contribution in [3.8, 4) is 0 Å². The number of alkyl halides is 1. The van der Waals surface area contributed by atoms with Crippen LogP contribution in [0.3, 0.4) is 0 Å². The lowest BCUT2D eigenvalue weighted by molar-refractivity contribution is -0.304. The fourth-order valence-corrected chi connectivity index (χ4v) is 1.57. The summed E-state index contributed by atoms with van der Waals surface area (Å²) in [6, 6.07) is 9.43. The van der Waals surface area contributed by atoms with Crippen molar-refractivity contribution in [2.75, 3.05) is 5.88 Å². The standard InChI is InChI=1S/C12H15ClO4/c1-9(14)16-17-12(8-13)11(15)7-10-5-3-2-4-6-10/h2-6,11-12,15H,7-8H2,1H3. The number of carbonyl (C=O) groups is 1. The van der Waals surface area contributed by atoms with Gasteiger partial charge in [0.15, 0.2) is 0 Å². The molecule has 94 valence electrons. The Bertz CT molecular complexity index is 342. The maximum Gasteiger partial charge on any atom is 0.339 e. The molecular weight excluding hydrogens is 244 g/mol. The lowest BCUT2D eigenvalue weighted by Crippen LogP contribution is -2.33. The van der Waals surface area contributed by atoms with Crippen LogP contribution in [0.4, 0.5) is 0 Å². The van der Waals surface area contributed by atoms with Gasteiger partial charge in [-0.25, -0.2) is 4.79 Å². The van der Waals surface area contributed by atoms with E-state index in [1.165, 1.54) is 6.92 Å². The van der Waals surface area contributed by atoms with Crippen LogP contribution in [0.2, 0.25) is 0 Å². The lowest BCUT2D eigenvalue weighted by atomic mass is 10.1. The van der Waals surface area contributed by atoms with Crippen LogP contribution in [0.1, 0.15) is 12.5 Å². The normalized spacial score (nSPS) is 14.1. The second-order valence-electron chi connectivity index (χ2n) is 3.62. The summed E-state index contributed by atoms with van der Waals surface area (Å²) in [5, 5.41) is 9.87. The third kappa shape index (κ3) is 5.17. The molecule has 0 saturated carbocycles. The molecule has 2 unspecified atom stereocenters. The SMILES string of the molecule is CC(=O)OOC(CCl)C(O)Cc1ccccc1. The van der Waals surface area contributed by atoms with Crippen LogP contribution in [0.25, 0.3) is 0 Å². The molecule has 1 aromatic carbocycles. The highest BCUT2D eigenvalue weighted by Gasteiger charge is 2.21. The predicted molar refractivity (Wildman–Crippen MR) is 63.5 cm³/mol. The lowest BCUT2D eigenvalue weighted by Gasteiger charge is -2.19. The van der Waals surface area contributed by atoms with Gasteiger partial charge >= 0.3 is 5.97 Å². The van der Waals surface area contributed by atoms with E-state index in [0.717, 1.165) is 5.56 Å². The van der Waals surface area contributed by atoms with Gasteiger partial charge in [0.05, 0.1) is 12.0 Å². The molecule has 0 heterocycles. The largest absolute Gasteiger partial charge is 0.390 e. The molecule has 2 atom stereocenters. The molecule has 5 heteroatoms. The fraction of sp³-hybridized carbons (Fsp3) is 0.417. The van der Waals surface area contributed by atoms with Gasteiger partial charge in [-0.15, -0.1) is 11.6 Å².